The lowest BCUT2D eigenvalue weighted by atomic mass is 11.6. The minimum Gasteiger partial charge on any atom is -0.281 e. The smallest absolute Gasteiger partial charge is 0.281 e. The Labute approximate surface area is 52.0 Å². The molecule has 0 amide bonds. The van der Waals surface area contributed by atoms with E-state index >= 15 is 0 Å². The molecular weight excluding hydrogens is 171 g/mol. The normalized spacial score (nSPS) is 34.0. The Kier molecular flexibility index (Phi) is 1.88. The van der Waals surface area contributed by atoms with Crippen molar-refractivity contribution in [3.63, 3.8) is 0 Å². The highest BCUT2D eigenvalue weighted by Gasteiger charge is 2.22. The molecule has 0 spiro atoms. The predicted molar refractivity (Wildman–Crippen MR) is 26.0 cm³/mol. The van der Waals surface area contributed by atoms with Gasteiger partial charge in [-0.1, -0.05) is 0 Å². The van der Waals surface area contributed by atoms with Crippen LogP contribution in [0.4, 0.5) is 0 Å². The van der Waals surface area contributed by atoms with E-state index in [1.807, 2.05) is 0 Å². The van der Waals surface area contributed by atoms with E-state index in [0.717, 1.165) is 0 Å². The second kappa shape index (κ2) is 2.36. The van der Waals surface area contributed by atoms with E-state index in [2.05, 4.69) is 12.7 Å². The highest BCUT2D eigenvalue weighted by atomic mass is 32.3. The summed E-state index contributed by atoms with van der Waals surface area (Å²) in [5.74, 6) is 0. The largest absolute Gasteiger partial charge is 0.409 e. The Balaban J connectivity index is 2.73. The zero-order valence-corrected chi connectivity index (χ0v) is 5.88. The summed E-state index contributed by atoms with van der Waals surface area (Å²) in [4.78, 5) is 0. The van der Waals surface area contributed by atoms with Crippen molar-refractivity contribution in [3.8, 4) is 0 Å². The molecule has 0 bridgehead atoms. The third-order valence-corrected chi connectivity index (χ3v) is 2.64. The summed E-state index contributed by atoms with van der Waals surface area (Å²) in [6.45, 7) is -0.528. The van der Waals surface area contributed by atoms with Crippen molar-refractivity contribution in [2.75, 3.05) is 6.79 Å². The zero-order valence-electron chi connectivity index (χ0n) is 4.06. The van der Waals surface area contributed by atoms with Gasteiger partial charge in [0.1, 0.15) is 0 Å². The molecule has 0 aliphatic carbocycles. The monoisotopic (exact) mass is 174 g/mol. The maximum Gasteiger partial charge on any atom is 0.409 e. The summed E-state index contributed by atoms with van der Waals surface area (Å²) in [6, 6.07) is 0. The highest BCUT2D eigenvalue weighted by Crippen LogP contribution is 2.31. The van der Waals surface area contributed by atoms with Crippen LogP contribution in [0.3, 0.4) is 0 Å². The Bertz CT molecular complexity index is 215. The molecule has 0 N–H and O–H groups in total. The van der Waals surface area contributed by atoms with E-state index < -0.39 is 25.4 Å². The van der Waals surface area contributed by atoms with Gasteiger partial charge in [0, 0.05) is 0 Å². The first-order valence-electron chi connectivity index (χ1n) is 1.86. The van der Waals surface area contributed by atoms with Crippen molar-refractivity contribution in [1.82, 2.24) is 0 Å². The Morgan fingerprint density at radius 2 is 2.11 bits per heavy atom. The SMILES string of the molecule is O=[PH]1OCOS(=O)(=O)O1. The third-order valence-electron chi connectivity index (χ3n) is 0.539. The zero-order chi connectivity index (χ0) is 6.91. The summed E-state index contributed by atoms with van der Waals surface area (Å²) in [7, 11) is -6.89. The van der Waals surface area contributed by atoms with Crippen molar-refractivity contribution >= 4 is 18.7 Å². The summed E-state index contributed by atoms with van der Waals surface area (Å²) >= 11 is 0. The molecule has 0 saturated carbocycles. The first kappa shape index (κ1) is 7.17. The molecule has 1 aliphatic rings. The molecule has 1 aliphatic heterocycles. The Morgan fingerprint density at radius 3 is 2.44 bits per heavy atom. The summed E-state index contributed by atoms with van der Waals surface area (Å²) < 4.78 is 42.3. The van der Waals surface area contributed by atoms with Gasteiger partial charge in [-0.05, 0) is 0 Å². The van der Waals surface area contributed by atoms with Crippen LogP contribution in [0.25, 0.3) is 0 Å². The predicted octanol–water partition coefficient (Wildman–Crippen LogP) is -0.358. The highest BCUT2D eigenvalue weighted by molar-refractivity contribution is 7.85. The minimum atomic E-state index is -4.02. The molecular formula is CH3O6PS. The first-order valence-corrected chi connectivity index (χ1v) is 4.41. The minimum absolute atomic E-state index is 0.528. The van der Waals surface area contributed by atoms with Gasteiger partial charge in [0.05, 0.1) is 0 Å². The van der Waals surface area contributed by atoms with Gasteiger partial charge in [0.2, 0.25) is 0 Å². The second-order valence-corrected chi connectivity index (χ2v) is 3.63. The average molecular weight is 174 g/mol. The molecule has 0 aromatic carbocycles. The Hall–Kier alpha value is 0.0600. The van der Waals surface area contributed by atoms with Crippen molar-refractivity contribution in [2.24, 2.45) is 0 Å². The maximum absolute atomic E-state index is 10.2. The van der Waals surface area contributed by atoms with Crippen molar-refractivity contribution < 1.29 is 25.7 Å². The summed E-state index contributed by atoms with van der Waals surface area (Å²) in [5.41, 5.74) is 0. The molecule has 1 rings (SSSR count). The van der Waals surface area contributed by atoms with E-state index in [9.17, 15) is 13.0 Å². The van der Waals surface area contributed by atoms with E-state index in [0.29, 0.717) is 0 Å². The van der Waals surface area contributed by atoms with Crippen molar-refractivity contribution in [3.05, 3.63) is 0 Å². The van der Waals surface area contributed by atoms with Gasteiger partial charge in [-0.25, -0.2) is 4.18 Å². The van der Waals surface area contributed by atoms with Gasteiger partial charge < -0.3 is 0 Å². The molecule has 6 nitrogen and oxygen atoms in total. The van der Waals surface area contributed by atoms with Crippen LogP contribution in [0.2, 0.25) is 0 Å². The lowest BCUT2D eigenvalue weighted by Gasteiger charge is -2.10. The van der Waals surface area contributed by atoms with Crippen LogP contribution < -0.4 is 0 Å². The standard InChI is InChI=1S/CH3O6PS/c2-8-5-1-6-9(3,4)7-8/h8H,1H2. The molecule has 1 fully saturated rings. The van der Waals surface area contributed by atoms with Crippen LogP contribution in [-0.4, -0.2) is 15.2 Å². The van der Waals surface area contributed by atoms with Gasteiger partial charge in [-0.2, -0.15) is 12.4 Å². The van der Waals surface area contributed by atoms with Gasteiger partial charge in [-0.3, -0.25) is 9.09 Å². The third kappa shape index (κ3) is 2.04. The van der Waals surface area contributed by atoms with Crippen LogP contribution in [-0.2, 0) is 27.6 Å². The lowest BCUT2D eigenvalue weighted by Crippen LogP contribution is -2.13. The van der Waals surface area contributed by atoms with Gasteiger partial charge >= 0.3 is 18.7 Å². The van der Waals surface area contributed by atoms with Crippen LogP contribution >= 0.6 is 8.25 Å². The van der Waals surface area contributed by atoms with Crippen molar-refractivity contribution in [1.29, 1.82) is 0 Å². The number of hydrogen-bond acceptors (Lipinski definition) is 6. The van der Waals surface area contributed by atoms with Gasteiger partial charge in [0.15, 0.2) is 6.79 Å². The lowest BCUT2D eigenvalue weighted by molar-refractivity contribution is 0.0839. The van der Waals surface area contributed by atoms with Crippen LogP contribution in [0.1, 0.15) is 0 Å². The summed E-state index contributed by atoms with van der Waals surface area (Å²) in [5, 5.41) is 0. The van der Waals surface area contributed by atoms with Crippen LogP contribution in [0.5, 0.6) is 0 Å². The molecule has 8 heteroatoms. The molecule has 54 valence electrons. The van der Waals surface area contributed by atoms with Crippen molar-refractivity contribution in [2.45, 2.75) is 0 Å². The molecule has 9 heavy (non-hydrogen) atoms. The molecule has 1 unspecified atom stereocenters. The maximum atomic E-state index is 10.2. The molecule has 1 saturated heterocycles. The quantitative estimate of drug-likeness (QED) is 0.466. The second-order valence-electron chi connectivity index (χ2n) is 1.12. The van der Waals surface area contributed by atoms with E-state index in [1.54, 1.807) is 0 Å². The molecule has 0 aromatic rings. The fraction of sp³-hybridized carbons (Fsp3) is 1.00. The Morgan fingerprint density at radius 1 is 1.44 bits per heavy atom. The van der Waals surface area contributed by atoms with E-state index in [1.165, 1.54) is 0 Å². The fourth-order valence-electron chi connectivity index (χ4n) is 0.263. The topological polar surface area (TPSA) is 78.9 Å². The molecule has 1 atom stereocenters. The van der Waals surface area contributed by atoms with Gasteiger partial charge in [0.25, 0.3) is 0 Å². The molecule has 1 heterocycles. The number of hydrogen-bond donors (Lipinski definition) is 0. The number of rotatable bonds is 0. The first-order chi connectivity index (χ1) is 4.10. The van der Waals surface area contributed by atoms with E-state index in [4.69, 9.17) is 0 Å². The fourth-order valence-corrected chi connectivity index (χ4v) is 1.72. The molecule has 0 radical (unpaired) electrons. The van der Waals surface area contributed by atoms with E-state index in [-0.39, 0.29) is 0 Å². The van der Waals surface area contributed by atoms with Gasteiger partial charge in [-0.15, -0.1) is 0 Å². The summed E-state index contributed by atoms with van der Waals surface area (Å²) in [6.07, 6.45) is 0. The average Bonchev–Trinajstić information content (AvgIpc) is 1.60. The van der Waals surface area contributed by atoms with Crippen LogP contribution in [0.15, 0.2) is 0 Å². The van der Waals surface area contributed by atoms with Crippen LogP contribution in [0, 0.1) is 0 Å². The molecule has 0 aromatic heterocycles.